The minimum absolute atomic E-state index is 0.0548. The van der Waals surface area contributed by atoms with Gasteiger partial charge in [-0.05, 0) is 85.8 Å². The molecule has 0 spiro atoms. The van der Waals surface area contributed by atoms with Crippen LogP contribution < -0.4 is 9.47 Å². The highest BCUT2D eigenvalue weighted by atomic mass is 35.5. The molecule has 0 saturated heterocycles. The van der Waals surface area contributed by atoms with Gasteiger partial charge in [-0.3, -0.25) is 4.79 Å². The fraction of sp³-hybridized carbons (Fsp3) is 0.382. The Morgan fingerprint density at radius 2 is 1.70 bits per heavy atom. The predicted octanol–water partition coefficient (Wildman–Crippen LogP) is 7.13. The van der Waals surface area contributed by atoms with E-state index in [0.29, 0.717) is 54.1 Å². The monoisotopic (exact) mass is 600 g/mol. The number of phenols is 1. The lowest BCUT2D eigenvalue weighted by Crippen LogP contribution is -2.43. The number of hydrogen-bond donors (Lipinski definition) is 1. The number of carbonyl (C=O) groups is 1. The van der Waals surface area contributed by atoms with E-state index in [-0.39, 0.29) is 11.7 Å². The third-order valence-electron chi connectivity index (χ3n) is 8.56. The van der Waals surface area contributed by atoms with Crippen LogP contribution in [0.25, 0.3) is 22.8 Å². The predicted molar refractivity (Wildman–Crippen MR) is 166 cm³/mol. The molecule has 8 nitrogen and oxygen atoms in total. The van der Waals surface area contributed by atoms with Crippen LogP contribution in [-0.2, 0) is 17.9 Å². The van der Waals surface area contributed by atoms with Crippen LogP contribution in [0.15, 0.2) is 66.7 Å². The largest absolute Gasteiger partial charge is 0.504 e. The van der Waals surface area contributed by atoms with Gasteiger partial charge < -0.3 is 19.5 Å². The molecule has 1 heterocycles. The molecular formula is C34H37ClN4O4. The molecule has 6 rings (SSSR count). The standard InChI is InChI=1S/C34H37ClN4O4/c1-42-31-21-26(13-18-30(31)40)32-36-33(24-11-14-27(35)15-12-24)39(37-32)19-20-43-29-16-9-23(10-17-29)22-38(28-7-2-3-8-28)34(41)25-5-4-6-25/h9-18,21,25,28,40H,2-8,19-20,22H2,1H3. The van der Waals surface area contributed by atoms with Crippen LogP contribution in [0.5, 0.6) is 17.2 Å². The topological polar surface area (TPSA) is 89.7 Å². The maximum Gasteiger partial charge on any atom is 0.226 e. The number of methoxy groups -OCH3 is 1. The first-order chi connectivity index (χ1) is 21.0. The summed E-state index contributed by atoms with van der Waals surface area (Å²) in [6.07, 6.45) is 7.88. The van der Waals surface area contributed by atoms with Gasteiger partial charge >= 0.3 is 0 Å². The Morgan fingerprint density at radius 3 is 2.37 bits per heavy atom. The quantitative estimate of drug-likeness (QED) is 0.197. The van der Waals surface area contributed by atoms with Crippen molar-refractivity contribution >= 4 is 17.5 Å². The van der Waals surface area contributed by atoms with Crippen molar-refractivity contribution in [2.75, 3.05) is 13.7 Å². The number of halogens is 1. The zero-order chi connectivity index (χ0) is 29.8. The summed E-state index contributed by atoms with van der Waals surface area (Å²) in [5.74, 6) is 2.92. The highest BCUT2D eigenvalue weighted by Gasteiger charge is 2.34. The fourth-order valence-corrected chi connectivity index (χ4v) is 6.01. The van der Waals surface area contributed by atoms with Gasteiger partial charge in [0, 0.05) is 34.7 Å². The normalized spacial score (nSPS) is 15.3. The van der Waals surface area contributed by atoms with Crippen molar-refractivity contribution < 1.29 is 19.4 Å². The van der Waals surface area contributed by atoms with E-state index in [2.05, 4.69) is 17.0 Å². The first-order valence-electron chi connectivity index (χ1n) is 15.1. The van der Waals surface area contributed by atoms with Crippen LogP contribution in [-0.4, -0.2) is 50.4 Å². The molecule has 3 aromatic carbocycles. The van der Waals surface area contributed by atoms with Crippen molar-refractivity contribution in [1.29, 1.82) is 0 Å². The molecule has 43 heavy (non-hydrogen) atoms. The van der Waals surface area contributed by atoms with Gasteiger partial charge in [0.1, 0.15) is 12.4 Å². The second-order valence-electron chi connectivity index (χ2n) is 11.4. The molecule has 4 aromatic rings. The minimum atomic E-state index is 0.0548. The summed E-state index contributed by atoms with van der Waals surface area (Å²) in [5.41, 5.74) is 2.73. The lowest BCUT2D eigenvalue weighted by molar-refractivity contribution is -0.141. The smallest absolute Gasteiger partial charge is 0.226 e. The molecule has 2 saturated carbocycles. The highest BCUT2D eigenvalue weighted by Crippen LogP contribution is 2.34. The average molecular weight is 601 g/mol. The summed E-state index contributed by atoms with van der Waals surface area (Å²) >= 11 is 6.13. The van der Waals surface area contributed by atoms with E-state index in [1.807, 2.05) is 41.1 Å². The molecule has 1 amide bonds. The number of nitrogens with zero attached hydrogens (tertiary/aromatic N) is 4. The van der Waals surface area contributed by atoms with Crippen molar-refractivity contribution in [2.24, 2.45) is 5.92 Å². The summed E-state index contributed by atoms with van der Waals surface area (Å²) in [6, 6.07) is 21.0. The maximum atomic E-state index is 13.2. The summed E-state index contributed by atoms with van der Waals surface area (Å²) in [7, 11) is 1.51. The number of phenolic OH excluding ortho intramolecular Hbond substituents is 1. The number of aromatic hydroxyl groups is 1. The summed E-state index contributed by atoms with van der Waals surface area (Å²) in [5, 5.41) is 15.4. The van der Waals surface area contributed by atoms with E-state index < -0.39 is 0 Å². The number of ether oxygens (including phenoxy) is 2. The second kappa shape index (κ2) is 13.1. The van der Waals surface area contributed by atoms with Crippen molar-refractivity contribution in [3.05, 3.63) is 77.3 Å². The lowest BCUT2D eigenvalue weighted by atomic mass is 9.84. The van der Waals surface area contributed by atoms with Gasteiger partial charge in [0.15, 0.2) is 23.1 Å². The molecule has 0 aliphatic heterocycles. The summed E-state index contributed by atoms with van der Waals surface area (Å²) in [4.78, 5) is 20.2. The third-order valence-corrected chi connectivity index (χ3v) is 8.82. The van der Waals surface area contributed by atoms with Gasteiger partial charge in [-0.25, -0.2) is 9.67 Å². The van der Waals surface area contributed by atoms with Gasteiger partial charge in [-0.15, -0.1) is 0 Å². The number of rotatable bonds is 11. The molecule has 9 heteroatoms. The first kappa shape index (κ1) is 29.1. The molecule has 0 atom stereocenters. The molecule has 2 aliphatic rings. The van der Waals surface area contributed by atoms with E-state index in [0.717, 1.165) is 48.1 Å². The number of aromatic nitrogens is 3. The Balaban J connectivity index is 1.14. The van der Waals surface area contributed by atoms with E-state index in [9.17, 15) is 9.90 Å². The molecule has 0 radical (unpaired) electrons. The Hall–Kier alpha value is -4.04. The van der Waals surface area contributed by atoms with Crippen molar-refractivity contribution in [3.8, 4) is 40.0 Å². The first-order valence-corrected chi connectivity index (χ1v) is 15.5. The molecule has 0 unspecified atom stereocenters. The highest BCUT2D eigenvalue weighted by molar-refractivity contribution is 6.30. The van der Waals surface area contributed by atoms with Gasteiger partial charge in [0.2, 0.25) is 5.91 Å². The Morgan fingerprint density at radius 1 is 0.977 bits per heavy atom. The fourth-order valence-electron chi connectivity index (χ4n) is 5.88. The molecule has 0 bridgehead atoms. The maximum absolute atomic E-state index is 13.2. The molecule has 2 aliphatic carbocycles. The average Bonchev–Trinajstić information content (AvgIpc) is 3.67. The molecular weight excluding hydrogens is 564 g/mol. The van der Waals surface area contributed by atoms with Crippen LogP contribution in [0.3, 0.4) is 0 Å². The lowest BCUT2D eigenvalue weighted by Gasteiger charge is -2.35. The number of hydrogen-bond acceptors (Lipinski definition) is 6. The van der Waals surface area contributed by atoms with Crippen LogP contribution >= 0.6 is 11.6 Å². The zero-order valence-electron chi connectivity index (χ0n) is 24.4. The minimum Gasteiger partial charge on any atom is -0.504 e. The van der Waals surface area contributed by atoms with E-state index in [1.165, 1.54) is 26.4 Å². The summed E-state index contributed by atoms with van der Waals surface area (Å²) < 4.78 is 13.2. The molecule has 1 aromatic heterocycles. The Labute approximate surface area is 257 Å². The van der Waals surface area contributed by atoms with Crippen molar-refractivity contribution in [3.63, 3.8) is 0 Å². The Kier molecular flexibility index (Phi) is 8.84. The van der Waals surface area contributed by atoms with E-state index >= 15 is 0 Å². The van der Waals surface area contributed by atoms with Gasteiger partial charge in [-0.1, -0.05) is 43.0 Å². The van der Waals surface area contributed by atoms with Crippen LogP contribution in [0.4, 0.5) is 0 Å². The summed E-state index contributed by atoms with van der Waals surface area (Å²) in [6.45, 7) is 1.51. The number of amides is 1. The Bertz CT molecular complexity index is 1540. The van der Waals surface area contributed by atoms with Crippen molar-refractivity contribution in [2.45, 2.75) is 64.1 Å². The SMILES string of the molecule is COc1cc(-c2nc(-c3ccc(Cl)cc3)n(CCOc3ccc(CN(C(=O)C4CCC4)C4CCCC4)cc3)n2)ccc1O. The van der Waals surface area contributed by atoms with Gasteiger partial charge in [0.25, 0.3) is 0 Å². The molecule has 224 valence electrons. The van der Waals surface area contributed by atoms with E-state index in [1.54, 1.807) is 18.2 Å². The van der Waals surface area contributed by atoms with Crippen LogP contribution in [0.2, 0.25) is 5.02 Å². The van der Waals surface area contributed by atoms with Crippen LogP contribution in [0.1, 0.15) is 50.5 Å². The third kappa shape index (κ3) is 6.64. The van der Waals surface area contributed by atoms with Crippen LogP contribution in [0, 0.1) is 5.92 Å². The molecule has 2 fully saturated rings. The van der Waals surface area contributed by atoms with Gasteiger partial charge in [0.05, 0.1) is 13.7 Å². The van der Waals surface area contributed by atoms with Gasteiger partial charge in [-0.2, -0.15) is 5.10 Å². The van der Waals surface area contributed by atoms with E-state index in [4.69, 9.17) is 31.2 Å². The molecule has 1 N–H and O–H groups in total. The number of benzene rings is 3. The zero-order valence-corrected chi connectivity index (χ0v) is 25.2. The second-order valence-corrected chi connectivity index (χ2v) is 11.8. The number of carbonyl (C=O) groups excluding carboxylic acids is 1. The van der Waals surface area contributed by atoms with Crippen molar-refractivity contribution in [1.82, 2.24) is 19.7 Å².